The predicted octanol–water partition coefficient (Wildman–Crippen LogP) is 2.82. The molecule has 1 aliphatic rings. The van der Waals surface area contributed by atoms with Crippen LogP contribution < -0.4 is 14.9 Å². The van der Waals surface area contributed by atoms with Crippen molar-refractivity contribution in [1.82, 2.24) is 9.62 Å². The van der Waals surface area contributed by atoms with Gasteiger partial charge in [0.25, 0.3) is 0 Å². The smallest absolute Gasteiger partial charge is 0.240 e. The van der Waals surface area contributed by atoms with Crippen LogP contribution in [0.25, 0.3) is 0 Å². The Morgan fingerprint density at radius 1 is 1.07 bits per heavy atom. The molecule has 7 nitrogen and oxygen atoms in total. The number of benzene rings is 2. The fourth-order valence-electron chi connectivity index (χ4n) is 3.35. The van der Waals surface area contributed by atoms with Crippen molar-refractivity contribution in [3.05, 3.63) is 52.5 Å². The maximum Gasteiger partial charge on any atom is 0.240 e. The molecule has 1 fully saturated rings. The van der Waals surface area contributed by atoms with E-state index in [2.05, 4.69) is 42.8 Å². The van der Waals surface area contributed by atoms with Crippen LogP contribution >= 0.6 is 15.9 Å². The number of sulfonamides is 1. The summed E-state index contributed by atoms with van der Waals surface area (Å²) in [7, 11) is -1.51. The number of hydrogen-bond donors (Lipinski definition) is 2. The summed E-state index contributed by atoms with van der Waals surface area (Å²) < 4.78 is 27.8. The van der Waals surface area contributed by atoms with Crippen LogP contribution in [-0.2, 0) is 14.8 Å². The lowest BCUT2D eigenvalue weighted by Gasteiger charge is -2.35. The van der Waals surface area contributed by atoms with Crippen molar-refractivity contribution in [3.63, 3.8) is 0 Å². The number of aryl methyl sites for hydroxylation is 1. The molecule has 1 aliphatic heterocycles. The Kier molecular flexibility index (Phi) is 7.51. The highest BCUT2D eigenvalue weighted by molar-refractivity contribution is 9.10. The number of piperazine rings is 1. The van der Waals surface area contributed by atoms with Crippen molar-refractivity contribution in [2.45, 2.75) is 18.2 Å². The lowest BCUT2D eigenvalue weighted by molar-refractivity contribution is -0.116. The lowest BCUT2D eigenvalue weighted by Crippen LogP contribution is -2.44. The first-order chi connectivity index (χ1) is 14.2. The van der Waals surface area contributed by atoms with E-state index in [0.717, 1.165) is 36.2 Å². The molecular formula is C21H27BrN4O3S. The summed E-state index contributed by atoms with van der Waals surface area (Å²) >= 11 is 3.28. The van der Waals surface area contributed by atoms with Crippen molar-refractivity contribution in [1.29, 1.82) is 0 Å². The third-order valence-corrected chi connectivity index (χ3v) is 7.10. The van der Waals surface area contributed by atoms with Gasteiger partial charge in [0, 0.05) is 55.0 Å². The molecule has 0 saturated carbocycles. The van der Waals surface area contributed by atoms with E-state index in [1.165, 1.54) is 17.8 Å². The number of hydrogen-bond acceptors (Lipinski definition) is 5. The summed E-state index contributed by atoms with van der Waals surface area (Å²) in [6.45, 7) is 6.11. The molecule has 0 unspecified atom stereocenters. The van der Waals surface area contributed by atoms with Gasteiger partial charge >= 0.3 is 0 Å². The number of carbonyl (C=O) groups excluding carboxylic acids is 1. The summed E-state index contributed by atoms with van der Waals surface area (Å²) in [6.07, 6.45) is 0.0506. The molecule has 0 radical (unpaired) electrons. The highest BCUT2D eigenvalue weighted by atomic mass is 79.9. The van der Waals surface area contributed by atoms with Gasteiger partial charge in [-0.25, -0.2) is 13.1 Å². The van der Waals surface area contributed by atoms with E-state index in [1.807, 2.05) is 25.1 Å². The molecule has 1 heterocycles. The summed E-state index contributed by atoms with van der Waals surface area (Å²) in [4.78, 5) is 17.1. The molecule has 0 aromatic heterocycles. The Morgan fingerprint density at radius 3 is 2.37 bits per heavy atom. The van der Waals surface area contributed by atoms with E-state index in [4.69, 9.17) is 0 Å². The fraction of sp³-hybridized carbons (Fsp3) is 0.381. The third kappa shape index (κ3) is 6.04. The molecule has 162 valence electrons. The SMILES string of the molecule is Cc1cc(NC(=O)CCNS(=O)(=O)c2ccc(Br)cc2)ccc1N1CCN(C)CC1. The molecule has 3 rings (SSSR count). The van der Waals surface area contributed by atoms with Gasteiger partial charge in [-0.05, 0) is 62.0 Å². The molecule has 30 heavy (non-hydrogen) atoms. The molecule has 2 aromatic rings. The number of likely N-dealkylation sites (N-methyl/N-ethyl adjacent to an activating group) is 1. The highest BCUT2D eigenvalue weighted by Crippen LogP contribution is 2.24. The summed E-state index contributed by atoms with van der Waals surface area (Å²) in [6, 6.07) is 12.2. The molecular weight excluding hydrogens is 468 g/mol. The minimum Gasteiger partial charge on any atom is -0.369 e. The minimum absolute atomic E-state index is 0.0303. The first-order valence-electron chi connectivity index (χ1n) is 9.84. The van der Waals surface area contributed by atoms with E-state index in [9.17, 15) is 13.2 Å². The van der Waals surface area contributed by atoms with Crippen molar-refractivity contribution >= 4 is 43.2 Å². The first-order valence-corrected chi connectivity index (χ1v) is 12.1. The summed E-state index contributed by atoms with van der Waals surface area (Å²) in [5.74, 6) is -0.236. The van der Waals surface area contributed by atoms with Crippen LogP contribution in [0.5, 0.6) is 0 Å². The van der Waals surface area contributed by atoms with Gasteiger partial charge < -0.3 is 15.1 Å². The average Bonchev–Trinajstić information content (AvgIpc) is 2.69. The number of rotatable bonds is 7. The number of carbonyl (C=O) groups is 1. The molecule has 1 saturated heterocycles. The van der Waals surface area contributed by atoms with E-state index >= 15 is 0 Å². The van der Waals surface area contributed by atoms with Crippen molar-refractivity contribution < 1.29 is 13.2 Å². The monoisotopic (exact) mass is 494 g/mol. The van der Waals surface area contributed by atoms with Gasteiger partial charge in [-0.15, -0.1) is 0 Å². The molecule has 2 N–H and O–H groups in total. The Bertz CT molecular complexity index is 988. The molecule has 0 spiro atoms. The van der Waals surface area contributed by atoms with Gasteiger partial charge in [-0.2, -0.15) is 0 Å². The second-order valence-electron chi connectivity index (χ2n) is 7.44. The molecule has 0 bridgehead atoms. The Balaban J connectivity index is 1.51. The predicted molar refractivity (Wildman–Crippen MR) is 123 cm³/mol. The second kappa shape index (κ2) is 9.91. The number of amides is 1. The fourth-order valence-corrected chi connectivity index (χ4v) is 4.65. The van der Waals surface area contributed by atoms with Crippen molar-refractivity contribution in [2.24, 2.45) is 0 Å². The van der Waals surface area contributed by atoms with E-state index in [0.29, 0.717) is 5.69 Å². The van der Waals surface area contributed by atoms with E-state index < -0.39 is 10.0 Å². The maximum absolute atomic E-state index is 12.3. The van der Waals surface area contributed by atoms with E-state index in [1.54, 1.807) is 12.1 Å². The van der Waals surface area contributed by atoms with Gasteiger partial charge in [-0.3, -0.25) is 4.79 Å². The summed E-state index contributed by atoms with van der Waals surface area (Å²) in [5.41, 5.74) is 3.00. The Hall–Kier alpha value is -1.94. The first kappa shape index (κ1) is 22.7. The van der Waals surface area contributed by atoms with Crippen LogP contribution in [-0.4, -0.2) is 59.0 Å². The topological polar surface area (TPSA) is 81.8 Å². The number of anilines is 2. The van der Waals surface area contributed by atoms with Crippen LogP contribution in [0.4, 0.5) is 11.4 Å². The van der Waals surface area contributed by atoms with E-state index in [-0.39, 0.29) is 23.8 Å². The van der Waals surface area contributed by atoms with Crippen LogP contribution in [0, 0.1) is 6.92 Å². The van der Waals surface area contributed by atoms with Gasteiger partial charge in [0.15, 0.2) is 0 Å². The zero-order valence-electron chi connectivity index (χ0n) is 17.2. The molecule has 2 aromatic carbocycles. The maximum atomic E-state index is 12.3. The van der Waals surface area contributed by atoms with Gasteiger partial charge in [0.1, 0.15) is 0 Å². The normalized spacial score (nSPS) is 15.2. The van der Waals surface area contributed by atoms with Gasteiger partial charge in [-0.1, -0.05) is 15.9 Å². The molecule has 0 aliphatic carbocycles. The number of nitrogens with zero attached hydrogens (tertiary/aromatic N) is 2. The largest absolute Gasteiger partial charge is 0.369 e. The molecule has 0 atom stereocenters. The average molecular weight is 495 g/mol. The zero-order valence-corrected chi connectivity index (χ0v) is 19.6. The van der Waals surface area contributed by atoms with Crippen molar-refractivity contribution in [2.75, 3.05) is 50.0 Å². The standard InChI is InChI=1S/C21H27BrN4O3S/c1-16-15-18(5-8-20(16)26-13-11-25(2)12-14-26)24-21(27)9-10-23-30(28,29)19-6-3-17(22)4-7-19/h3-8,15,23H,9-14H2,1-2H3,(H,24,27). The zero-order chi connectivity index (χ0) is 21.7. The number of halogens is 1. The lowest BCUT2D eigenvalue weighted by atomic mass is 10.1. The van der Waals surface area contributed by atoms with Gasteiger partial charge in [0.05, 0.1) is 4.90 Å². The van der Waals surface area contributed by atoms with Crippen molar-refractivity contribution in [3.8, 4) is 0 Å². The number of nitrogens with one attached hydrogen (secondary N) is 2. The Morgan fingerprint density at radius 2 is 1.73 bits per heavy atom. The van der Waals surface area contributed by atoms with Crippen LogP contribution in [0.3, 0.4) is 0 Å². The third-order valence-electron chi connectivity index (χ3n) is 5.09. The molecule has 9 heteroatoms. The highest BCUT2D eigenvalue weighted by Gasteiger charge is 2.17. The molecule has 1 amide bonds. The van der Waals surface area contributed by atoms with Crippen LogP contribution in [0.2, 0.25) is 0 Å². The summed E-state index contributed by atoms with van der Waals surface area (Å²) in [5, 5.41) is 2.85. The van der Waals surface area contributed by atoms with Crippen LogP contribution in [0.1, 0.15) is 12.0 Å². The van der Waals surface area contributed by atoms with Crippen LogP contribution in [0.15, 0.2) is 51.8 Å². The Labute approximate surface area is 186 Å². The van der Waals surface area contributed by atoms with Gasteiger partial charge in [0.2, 0.25) is 15.9 Å². The minimum atomic E-state index is -3.63. The second-order valence-corrected chi connectivity index (χ2v) is 10.1. The quantitative estimate of drug-likeness (QED) is 0.618.